The normalized spacial score (nSPS) is 25.4. The van der Waals surface area contributed by atoms with Crippen molar-refractivity contribution in [2.24, 2.45) is 11.8 Å². The molecule has 2 aliphatic rings. The number of amides is 4. The van der Waals surface area contributed by atoms with Crippen LogP contribution < -0.4 is 10.6 Å². The molecule has 9 heteroatoms. The molecule has 2 N–H and O–H groups in total. The molecule has 0 saturated carbocycles. The lowest BCUT2D eigenvalue weighted by Gasteiger charge is -2.30. The summed E-state index contributed by atoms with van der Waals surface area (Å²) in [7, 11) is 2.86. The van der Waals surface area contributed by atoms with E-state index < -0.39 is 35.3 Å². The van der Waals surface area contributed by atoms with Gasteiger partial charge in [0, 0.05) is 25.3 Å². The molecule has 184 valence electrons. The average Bonchev–Trinajstić information content (AvgIpc) is 3.28. The third kappa shape index (κ3) is 4.51. The Kier molecular flexibility index (Phi) is 6.62. The topological polar surface area (TPSA) is 108 Å². The van der Waals surface area contributed by atoms with E-state index in [9.17, 15) is 19.2 Å². The number of ether oxygens (including phenoxy) is 1. The second kappa shape index (κ2) is 9.50. The van der Waals surface area contributed by atoms with Crippen molar-refractivity contribution < 1.29 is 23.9 Å². The SMILES string of the molecule is COC(=O)[C@]1(C)N[C@H](CN(C)C(=O)Nc2ccc(C)cc2)[C@@H]2C(=O)N(Cc3ccccc3)C(=O)[C@@H]21. The molecule has 2 aliphatic heterocycles. The third-order valence-electron chi connectivity index (χ3n) is 6.90. The van der Waals surface area contributed by atoms with Crippen LogP contribution in [0.15, 0.2) is 54.6 Å². The highest BCUT2D eigenvalue weighted by Gasteiger charge is 2.66. The van der Waals surface area contributed by atoms with Gasteiger partial charge in [0.25, 0.3) is 0 Å². The molecular formula is C26H30N4O5. The number of benzene rings is 2. The summed E-state index contributed by atoms with van der Waals surface area (Å²) in [4.78, 5) is 55.2. The zero-order chi connectivity index (χ0) is 25.3. The van der Waals surface area contributed by atoms with Gasteiger partial charge in [-0.25, -0.2) is 4.79 Å². The summed E-state index contributed by atoms with van der Waals surface area (Å²) in [5.41, 5.74) is 1.14. The van der Waals surface area contributed by atoms with E-state index in [-0.39, 0.29) is 25.0 Å². The summed E-state index contributed by atoms with van der Waals surface area (Å²) < 4.78 is 5.00. The average molecular weight is 479 g/mol. The monoisotopic (exact) mass is 478 g/mol. The van der Waals surface area contributed by atoms with Gasteiger partial charge in [0.15, 0.2) is 0 Å². The number of likely N-dealkylation sites (N-methyl/N-ethyl adjacent to an activating group) is 1. The largest absolute Gasteiger partial charge is 0.468 e. The van der Waals surface area contributed by atoms with Gasteiger partial charge in [-0.3, -0.25) is 24.6 Å². The first-order chi connectivity index (χ1) is 16.7. The predicted molar refractivity (Wildman–Crippen MR) is 129 cm³/mol. The van der Waals surface area contributed by atoms with E-state index in [1.165, 1.54) is 16.9 Å². The lowest BCUT2D eigenvalue weighted by atomic mass is 9.81. The molecule has 0 aromatic heterocycles. The number of carbonyl (C=O) groups excluding carboxylic acids is 4. The van der Waals surface area contributed by atoms with Crippen LogP contribution in [0.4, 0.5) is 10.5 Å². The Bertz CT molecular complexity index is 1140. The number of imide groups is 1. The van der Waals surface area contributed by atoms with Gasteiger partial charge in [-0.05, 0) is 31.5 Å². The van der Waals surface area contributed by atoms with Crippen molar-refractivity contribution in [2.75, 3.05) is 26.0 Å². The van der Waals surface area contributed by atoms with E-state index in [0.29, 0.717) is 5.69 Å². The van der Waals surface area contributed by atoms with E-state index in [0.717, 1.165) is 11.1 Å². The number of nitrogens with zero attached hydrogens (tertiary/aromatic N) is 2. The summed E-state index contributed by atoms with van der Waals surface area (Å²) in [5, 5.41) is 5.98. The number of esters is 1. The van der Waals surface area contributed by atoms with Gasteiger partial charge in [0.1, 0.15) is 5.54 Å². The maximum atomic E-state index is 13.5. The van der Waals surface area contributed by atoms with Crippen LogP contribution in [-0.4, -0.2) is 65.9 Å². The summed E-state index contributed by atoms with van der Waals surface area (Å²) >= 11 is 0. The quantitative estimate of drug-likeness (QED) is 0.487. The Labute approximate surface area is 204 Å². The Morgan fingerprint density at radius 2 is 1.74 bits per heavy atom. The predicted octanol–water partition coefficient (Wildman–Crippen LogP) is 2.16. The lowest BCUT2D eigenvalue weighted by molar-refractivity contribution is -0.153. The molecule has 0 bridgehead atoms. The summed E-state index contributed by atoms with van der Waals surface area (Å²) in [6, 6.07) is 15.6. The molecular weight excluding hydrogens is 448 g/mol. The Balaban J connectivity index is 1.56. The summed E-state index contributed by atoms with van der Waals surface area (Å²) in [6.45, 7) is 3.78. The zero-order valence-electron chi connectivity index (χ0n) is 20.3. The maximum Gasteiger partial charge on any atom is 0.326 e. The molecule has 4 rings (SSSR count). The number of aryl methyl sites for hydroxylation is 1. The molecule has 2 saturated heterocycles. The van der Waals surface area contributed by atoms with Crippen molar-refractivity contribution in [3.63, 3.8) is 0 Å². The van der Waals surface area contributed by atoms with Crippen LogP contribution in [-0.2, 0) is 25.7 Å². The lowest BCUT2D eigenvalue weighted by Crippen LogP contribution is -2.56. The minimum Gasteiger partial charge on any atom is -0.468 e. The fraction of sp³-hybridized carbons (Fsp3) is 0.385. The number of urea groups is 1. The molecule has 9 nitrogen and oxygen atoms in total. The number of methoxy groups -OCH3 is 1. The van der Waals surface area contributed by atoms with Crippen LogP contribution in [0.5, 0.6) is 0 Å². The van der Waals surface area contributed by atoms with Crippen molar-refractivity contribution >= 4 is 29.5 Å². The van der Waals surface area contributed by atoms with Gasteiger partial charge in [0.05, 0.1) is 25.5 Å². The van der Waals surface area contributed by atoms with Gasteiger partial charge < -0.3 is 15.0 Å². The van der Waals surface area contributed by atoms with Gasteiger partial charge in [-0.15, -0.1) is 0 Å². The standard InChI is InChI=1S/C26H30N4O5/c1-16-10-12-18(13-11-16)27-25(34)29(3)15-19-20-21(26(2,28-19)24(33)35-4)23(32)30(22(20)31)14-17-8-6-5-7-9-17/h5-13,19-21,28H,14-15H2,1-4H3,(H,27,34)/t19-,20+,21-,26-/m1/s1. The van der Waals surface area contributed by atoms with Crippen molar-refractivity contribution in [1.29, 1.82) is 0 Å². The molecule has 0 unspecified atom stereocenters. The number of nitrogens with one attached hydrogen (secondary N) is 2. The summed E-state index contributed by atoms with van der Waals surface area (Å²) in [5.74, 6) is -3.13. The van der Waals surface area contributed by atoms with Gasteiger partial charge in [-0.2, -0.15) is 0 Å². The van der Waals surface area contributed by atoms with Crippen LogP contribution in [0.25, 0.3) is 0 Å². The molecule has 0 aliphatic carbocycles. The van der Waals surface area contributed by atoms with Crippen molar-refractivity contribution in [3.05, 3.63) is 65.7 Å². The van der Waals surface area contributed by atoms with Gasteiger partial charge >= 0.3 is 12.0 Å². The second-order valence-electron chi connectivity index (χ2n) is 9.37. The van der Waals surface area contributed by atoms with E-state index in [1.54, 1.807) is 26.1 Å². The zero-order valence-corrected chi connectivity index (χ0v) is 20.3. The molecule has 0 spiro atoms. The minimum absolute atomic E-state index is 0.115. The molecule has 2 aromatic rings. The van der Waals surface area contributed by atoms with Crippen LogP contribution in [0.1, 0.15) is 18.1 Å². The third-order valence-corrected chi connectivity index (χ3v) is 6.90. The van der Waals surface area contributed by atoms with Crippen molar-refractivity contribution in [1.82, 2.24) is 15.1 Å². The fourth-order valence-corrected chi connectivity index (χ4v) is 5.04. The number of likely N-dealkylation sites (tertiary alicyclic amines) is 1. The Morgan fingerprint density at radius 3 is 2.37 bits per heavy atom. The summed E-state index contributed by atoms with van der Waals surface area (Å²) in [6.07, 6.45) is 0. The van der Waals surface area contributed by atoms with Crippen molar-refractivity contribution in [3.8, 4) is 0 Å². The van der Waals surface area contributed by atoms with E-state index in [1.807, 2.05) is 49.4 Å². The molecule has 4 amide bonds. The highest BCUT2D eigenvalue weighted by molar-refractivity contribution is 6.09. The van der Waals surface area contributed by atoms with Crippen LogP contribution in [0, 0.1) is 18.8 Å². The highest BCUT2D eigenvalue weighted by Crippen LogP contribution is 2.44. The van der Waals surface area contributed by atoms with Crippen molar-refractivity contribution in [2.45, 2.75) is 32.0 Å². The fourth-order valence-electron chi connectivity index (χ4n) is 5.04. The molecule has 2 fully saturated rings. The molecule has 2 aromatic carbocycles. The molecule has 4 atom stereocenters. The van der Waals surface area contributed by atoms with Gasteiger partial charge in [0.2, 0.25) is 11.8 Å². The van der Waals surface area contributed by atoms with Crippen LogP contribution in [0.3, 0.4) is 0 Å². The smallest absolute Gasteiger partial charge is 0.326 e. The van der Waals surface area contributed by atoms with E-state index in [4.69, 9.17) is 4.74 Å². The number of carbonyl (C=O) groups is 4. The number of rotatable bonds is 6. The first-order valence-corrected chi connectivity index (χ1v) is 11.5. The number of anilines is 1. The molecule has 35 heavy (non-hydrogen) atoms. The Hall–Kier alpha value is -3.72. The van der Waals surface area contributed by atoms with E-state index >= 15 is 0 Å². The van der Waals surface area contributed by atoms with Crippen LogP contribution >= 0.6 is 0 Å². The first kappa shape index (κ1) is 24.4. The molecule has 0 radical (unpaired) electrons. The van der Waals surface area contributed by atoms with E-state index in [2.05, 4.69) is 10.6 Å². The molecule has 2 heterocycles. The first-order valence-electron chi connectivity index (χ1n) is 11.5. The number of fused-ring (bicyclic) bond motifs is 1. The second-order valence-corrected chi connectivity index (χ2v) is 9.37. The minimum atomic E-state index is -1.39. The maximum absolute atomic E-state index is 13.5. The number of hydrogen-bond acceptors (Lipinski definition) is 6. The number of hydrogen-bond donors (Lipinski definition) is 2. The highest BCUT2D eigenvalue weighted by atomic mass is 16.5. The van der Waals surface area contributed by atoms with Gasteiger partial charge in [-0.1, -0.05) is 48.0 Å². The van der Waals surface area contributed by atoms with Crippen LogP contribution in [0.2, 0.25) is 0 Å². The Morgan fingerprint density at radius 1 is 1.09 bits per heavy atom.